The van der Waals surface area contributed by atoms with Crippen molar-refractivity contribution in [3.05, 3.63) is 91.6 Å². The van der Waals surface area contributed by atoms with Crippen molar-refractivity contribution in [2.75, 3.05) is 16.9 Å². The second kappa shape index (κ2) is 11.0. The third-order valence-electron chi connectivity index (χ3n) is 10.1. The van der Waals surface area contributed by atoms with E-state index in [9.17, 15) is 28.7 Å². The van der Waals surface area contributed by atoms with Crippen molar-refractivity contribution in [1.29, 1.82) is 0 Å². The van der Waals surface area contributed by atoms with E-state index < -0.39 is 52.6 Å². The minimum absolute atomic E-state index is 0.129. The van der Waals surface area contributed by atoms with Gasteiger partial charge < -0.3 is 9.84 Å². The van der Waals surface area contributed by atoms with Gasteiger partial charge in [0.25, 0.3) is 0 Å². The number of benzene rings is 3. The van der Waals surface area contributed by atoms with Crippen LogP contribution in [0.2, 0.25) is 5.02 Å². The number of fused-ring (bicyclic) bond motifs is 4. The molecule has 2 heterocycles. The Morgan fingerprint density at radius 1 is 0.935 bits per heavy atom. The van der Waals surface area contributed by atoms with Crippen molar-refractivity contribution in [2.45, 2.75) is 25.7 Å². The molecule has 0 bridgehead atoms. The monoisotopic (exact) mass is 770 g/mol. The molecule has 2 saturated heterocycles. The Labute approximate surface area is 285 Å². The lowest BCUT2D eigenvalue weighted by Gasteiger charge is -2.49. The van der Waals surface area contributed by atoms with Gasteiger partial charge in [-0.25, -0.2) is 9.29 Å². The molecule has 0 aromatic heterocycles. The van der Waals surface area contributed by atoms with Crippen LogP contribution < -0.4 is 14.5 Å². The van der Waals surface area contributed by atoms with Crippen LogP contribution in [0.25, 0.3) is 0 Å². The van der Waals surface area contributed by atoms with Crippen molar-refractivity contribution >= 4 is 78.5 Å². The Hall–Kier alpha value is -3.54. The summed E-state index contributed by atoms with van der Waals surface area (Å²) in [6.45, 7) is 1.74. The van der Waals surface area contributed by atoms with Crippen molar-refractivity contribution in [2.24, 2.45) is 29.1 Å². The zero-order valence-corrected chi connectivity index (χ0v) is 28.4. The first-order chi connectivity index (χ1) is 21.9. The van der Waals surface area contributed by atoms with E-state index in [4.69, 9.17) is 16.3 Å². The molecule has 2 aliphatic heterocycles. The third kappa shape index (κ3) is 4.34. The van der Waals surface area contributed by atoms with Gasteiger partial charge in [-0.1, -0.05) is 39.2 Å². The average molecular weight is 773 g/mol. The number of aromatic hydroxyl groups is 1. The number of carbonyl (C=O) groups excluding carboxylic acids is 4. The van der Waals surface area contributed by atoms with E-state index in [1.54, 1.807) is 43.3 Å². The van der Waals surface area contributed by atoms with Gasteiger partial charge in [0.2, 0.25) is 23.6 Å². The number of anilines is 2. The fourth-order valence-corrected chi connectivity index (χ4v) is 8.93. The molecule has 46 heavy (non-hydrogen) atoms. The molecule has 1 N–H and O–H groups in total. The van der Waals surface area contributed by atoms with Crippen LogP contribution in [-0.4, -0.2) is 35.8 Å². The summed E-state index contributed by atoms with van der Waals surface area (Å²) < 4.78 is 20.7. The normalized spacial score (nSPS) is 28.7. The zero-order chi connectivity index (χ0) is 32.8. The molecule has 3 aromatic carbocycles. The van der Waals surface area contributed by atoms with E-state index in [0.29, 0.717) is 15.7 Å². The van der Waals surface area contributed by atoms with Crippen molar-refractivity contribution in [3.63, 3.8) is 0 Å². The van der Waals surface area contributed by atoms with E-state index in [1.807, 2.05) is 6.08 Å². The maximum atomic E-state index is 14.6. The first-order valence-corrected chi connectivity index (χ1v) is 16.6. The number of ether oxygens (including phenoxy) is 1. The van der Waals surface area contributed by atoms with Gasteiger partial charge >= 0.3 is 0 Å². The Kier molecular flexibility index (Phi) is 7.45. The van der Waals surface area contributed by atoms with Gasteiger partial charge in [0, 0.05) is 10.4 Å². The fourth-order valence-electron chi connectivity index (χ4n) is 8.03. The topological polar surface area (TPSA) is 104 Å². The van der Waals surface area contributed by atoms with E-state index >= 15 is 0 Å². The number of hydrogen-bond donors (Lipinski definition) is 1. The maximum absolute atomic E-state index is 14.6. The number of hydrogen-bond acceptors (Lipinski definition) is 6. The summed E-state index contributed by atoms with van der Waals surface area (Å²) in [6, 6.07) is 13.9. The molecule has 4 amide bonds. The van der Waals surface area contributed by atoms with Gasteiger partial charge in [0.1, 0.15) is 5.82 Å². The highest BCUT2D eigenvalue weighted by Crippen LogP contribution is 2.64. The van der Waals surface area contributed by atoms with Gasteiger partial charge in [0.05, 0.1) is 51.1 Å². The van der Waals surface area contributed by atoms with Crippen molar-refractivity contribution < 1.29 is 33.4 Å². The standard InChI is InChI=1S/C34H26Br2ClFN2O6/c1-34-22(31(43)40(33(34)45)18-7-10-25(38)24(37)13-18)14-21-19(28(34)15-11-23(36)29(41)26(12-15)46-2)8-9-20-27(21)32(44)39(30(20)42)17-5-3-16(35)4-6-17/h3-8,10-13,20-22,27-28,41H,9,14H2,1-2H3. The van der Waals surface area contributed by atoms with Gasteiger partial charge in [-0.05, 0) is 102 Å². The lowest BCUT2D eigenvalue weighted by atomic mass is 9.51. The number of halogens is 4. The Bertz CT molecular complexity index is 1900. The molecule has 0 spiro atoms. The third-order valence-corrected chi connectivity index (χ3v) is 11.5. The average Bonchev–Trinajstić information content (AvgIpc) is 3.40. The second-order valence-corrected chi connectivity index (χ2v) is 14.5. The Balaban J connectivity index is 1.39. The lowest BCUT2D eigenvalue weighted by molar-refractivity contribution is -0.131. The molecule has 0 radical (unpaired) electrons. The number of carbonyl (C=O) groups is 4. The predicted octanol–water partition coefficient (Wildman–Crippen LogP) is 7.15. The highest BCUT2D eigenvalue weighted by molar-refractivity contribution is 9.10. The highest BCUT2D eigenvalue weighted by atomic mass is 79.9. The largest absolute Gasteiger partial charge is 0.503 e. The van der Waals surface area contributed by atoms with Gasteiger partial charge in [-0.15, -0.1) is 0 Å². The molecule has 12 heteroatoms. The number of amides is 4. The smallest absolute Gasteiger partial charge is 0.241 e. The molecule has 2 aliphatic carbocycles. The summed E-state index contributed by atoms with van der Waals surface area (Å²) in [6.07, 6.45) is 2.37. The SMILES string of the molecule is COc1cc(C2C3=CCC4C(=O)N(c5ccc(Br)cc5)C(=O)C4C3CC3C(=O)N(c4ccc(F)c(Cl)c4)C(=O)C32C)cc(Br)c1O. The number of phenolic OH excluding ortho intramolecular Hbond substituents is 1. The van der Waals surface area contributed by atoms with E-state index in [2.05, 4.69) is 31.9 Å². The number of phenols is 1. The molecule has 6 unspecified atom stereocenters. The van der Waals surface area contributed by atoms with E-state index in [1.165, 1.54) is 24.1 Å². The zero-order valence-electron chi connectivity index (χ0n) is 24.5. The first kappa shape index (κ1) is 31.1. The van der Waals surface area contributed by atoms with Crippen LogP contribution >= 0.6 is 43.5 Å². The number of nitrogens with zero attached hydrogens (tertiary/aromatic N) is 2. The molecule has 6 atom stereocenters. The molecule has 1 saturated carbocycles. The van der Waals surface area contributed by atoms with Crippen LogP contribution in [0.3, 0.4) is 0 Å². The number of rotatable bonds is 4. The number of methoxy groups -OCH3 is 1. The number of imide groups is 2. The van der Waals surface area contributed by atoms with Crippen LogP contribution in [-0.2, 0) is 19.2 Å². The summed E-state index contributed by atoms with van der Waals surface area (Å²) in [4.78, 5) is 59.1. The van der Waals surface area contributed by atoms with Crippen LogP contribution in [0.5, 0.6) is 11.5 Å². The molecular formula is C34H26Br2ClFN2O6. The molecular weight excluding hydrogens is 747 g/mol. The summed E-state index contributed by atoms with van der Waals surface area (Å²) in [7, 11) is 1.41. The summed E-state index contributed by atoms with van der Waals surface area (Å²) in [5, 5.41) is 10.4. The lowest BCUT2D eigenvalue weighted by Crippen LogP contribution is -2.48. The Morgan fingerprint density at radius 3 is 2.30 bits per heavy atom. The molecule has 8 nitrogen and oxygen atoms in total. The van der Waals surface area contributed by atoms with Crippen LogP contribution in [0.15, 0.2) is 75.2 Å². The van der Waals surface area contributed by atoms with Crippen LogP contribution in [0.4, 0.5) is 15.8 Å². The minimum atomic E-state index is -1.34. The molecule has 7 rings (SSSR count). The summed E-state index contributed by atoms with van der Waals surface area (Å²) >= 11 is 12.9. The quantitative estimate of drug-likeness (QED) is 0.223. The Morgan fingerprint density at radius 2 is 1.63 bits per heavy atom. The van der Waals surface area contributed by atoms with Crippen LogP contribution in [0.1, 0.15) is 31.2 Å². The fraction of sp³-hybridized carbons (Fsp3) is 0.294. The first-order valence-electron chi connectivity index (χ1n) is 14.6. The van der Waals surface area contributed by atoms with Gasteiger partial charge in [-0.2, -0.15) is 0 Å². The van der Waals surface area contributed by atoms with E-state index in [-0.39, 0.29) is 46.9 Å². The number of allylic oxidation sites excluding steroid dienone is 2. The van der Waals surface area contributed by atoms with Crippen LogP contribution in [0, 0.1) is 34.9 Å². The molecule has 236 valence electrons. The predicted molar refractivity (Wildman–Crippen MR) is 175 cm³/mol. The van der Waals surface area contributed by atoms with Gasteiger partial charge in [0.15, 0.2) is 11.5 Å². The molecule has 3 aromatic rings. The van der Waals surface area contributed by atoms with Gasteiger partial charge in [-0.3, -0.25) is 24.1 Å². The molecule has 3 fully saturated rings. The minimum Gasteiger partial charge on any atom is -0.503 e. The summed E-state index contributed by atoms with van der Waals surface area (Å²) in [5.74, 6) is -5.83. The highest BCUT2D eigenvalue weighted by Gasteiger charge is 2.67. The van der Waals surface area contributed by atoms with Crippen molar-refractivity contribution in [1.82, 2.24) is 0 Å². The second-order valence-electron chi connectivity index (χ2n) is 12.3. The maximum Gasteiger partial charge on any atom is 0.241 e. The van der Waals surface area contributed by atoms with Crippen molar-refractivity contribution in [3.8, 4) is 11.5 Å². The molecule has 4 aliphatic rings. The summed E-state index contributed by atoms with van der Waals surface area (Å²) in [5.41, 5.74) is 0.628. The van der Waals surface area contributed by atoms with E-state index in [0.717, 1.165) is 21.0 Å².